The number of halogens is 7. The van der Waals surface area contributed by atoms with E-state index >= 15 is 0 Å². The second kappa shape index (κ2) is 12.9. The Hall–Kier alpha value is -3.31. The van der Waals surface area contributed by atoms with Crippen LogP contribution in [0.2, 0.25) is 5.02 Å². The number of rotatable bonds is 10. The fourth-order valence-electron chi connectivity index (χ4n) is 4.55. The van der Waals surface area contributed by atoms with Crippen LogP contribution < -0.4 is 9.80 Å². The van der Waals surface area contributed by atoms with Crippen molar-refractivity contribution in [2.75, 3.05) is 36.5 Å². The zero-order valence-electron chi connectivity index (χ0n) is 23.6. The number of hydrogen-bond donors (Lipinski definition) is 1. The number of alkyl halides is 6. The molecule has 3 aromatic rings. The normalized spacial score (nSPS) is 12.4. The first-order valence-electron chi connectivity index (χ1n) is 13.2. The zero-order chi connectivity index (χ0) is 31.5. The van der Waals surface area contributed by atoms with Crippen LogP contribution in [-0.2, 0) is 22.6 Å². The summed E-state index contributed by atoms with van der Waals surface area (Å²) in [4.78, 5) is 21.4. The van der Waals surface area contributed by atoms with Gasteiger partial charge in [0.15, 0.2) is 0 Å². The smallest absolute Gasteiger partial charge is 0.395 e. The van der Waals surface area contributed by atoms with E-state index in [0.29, 0.717) is 47.2 Å². The summed E-state index contributed by atoms with van der Waals surface area (Å²) in [6, 6.07) is 9.69. The fraction of sp³-hybridized carbons (Fsp3) is 0.400. The number of aliphatic hydroxyl groups is 1. The topological polar surface area (TPSA) is 56.7 Å². The minimum absolute atomic E-state index is 0.0304. The third-order valence-electron chi connectivity index (χ3n) is 7.02. The predicted octanol–water partition coefficient (Wildman–Crippen LogP) is 7.98. The molecule has 2 aromatic carbocycles. The first-order valence-corrected chi connectivity index (χ1v) is 13.6. The van der Waals surface area contributed by atoms with Crippen molar-refractivity contribution in [1.82, 2.24) is 4.98 Å². The van der Waals surface area contributed by atoms with Gasteiger partial charge in [-0.1, -0.05) is 43.1 Å². The van der Waals surface area contributed by atoms with E-state index < -0.39 is 40.4 Å². The minimum Gasteiger partial charge on any atom is -0.395 e. The number of anilines is 2. The molecule has 0 aliphatic rings. The van der Waals surface area contributed by atoms with Crippen molar-refractivity contribution in [3.05, 3.63) is 76.4 Å². The third kappa shape index (κ3) is 7.36. The van der Waals surface area contributed by atoms with Gasteiger partial charge in [-0.15, -0.1) is 0 Å². The highest BCUT2D eigenvalue weighted by atomic mass is 35.5. The summed E-state index contributed by atoms with van der Waals surface area (Å²) < 4.78 is 81.4. The van der Waals surface area contributed by atoms with Crippen LogP contribution in [0.15, 0.2) is 54.7 Å². The summed E-state index contributed by atoms with van der Waals surface area (Å²) in [5, 5.41) is 9.95. The summed E-state index contributed by atoms with van der Waals surface area (Å²) in [7, 11) is 1.38. The Balaban J connectivity index is 2.16. The van der Waals surface area contributed by atoms with E-state index in [9.17, 15) is 36.2 Å². The van der Waals surface area contributed by atoms with Gasteiger partial charge < -0.3 is 14.9 Å². The number of pyridine rings is 1. The Morgan fingerprint density at radius 3 is 2.00 bits per heavy atom. The number of nitrogens with zero attached hydrogens (tertiary/aromatic N) is 3. The number of hydrogen-bond acceptors (Lipinski definition) is 4. The van der Waals surface area contributed by atoms with E-state index in [-0.39, 0.29) is 18.4 Å². The Kier molecular flexibility index (Phi) is 10.2. The molecule has 3 rings (SSSR count). The summed E-state index contributed by atoms with van der Waals surface area (Å²) in [5.41, 5.74) is -4.02. The van der Waals surface area contributed by atoms with Crippen LogP contribution in [0.1, 0.15) is 50.3 Å². The maximum Gasteiger partial charge on any atom is 0.416 e. The van der Waals surface area contributed by atoms with Crippen LogP contribution in [0.25, 0.3) is 11.1 Å². The second-order valence-corrected chi connectivity index (χ2v) is 10.8. The molecule has 42 heavy (non-hydrogen) atoms. The van der Waals surface area contributed by atoms with Crippen molar-refractivity contribution in [3.8, 4) is 11.1 Å². The standard InChI is InChI=1S/C30H32ClF6N3O2/c1-5-6-11-40(12-13-41)26-17-23(22-9-7-8-10-24(22)31)25(18-38-26)39(4)27(42)28(2,3)19-14-20(29(32,33)34)16-21(15-19)30(35,36)37/h7-10,14-18,41H,5-6,11-13H2,1-4H3. The Labute approximate surface area is 245 Å². The van der Waals surface area contributed by atoms with E-state index in [0.717, 1.165) is 17.7 Å². The Morgan fingerprint density at radius 2 is 1.48 bits per heavy atom. The SMILES string of the molecule is CCCCN(CCO)c1cc(-c2ccccc2Cl)c(N(C)C(=O)C(C)(C)c2cc(C(F)(F)F)cc(C(F)(F)F)c2)cn1. The summed E-state index contributed by atoms with van der Waals surface area (Å²) in [5.74, 6) is -0.264. The molecule has 0 saturated heterocycles. The van der Waals surface area contributed by atoms with Gasteiger partial charge in [0.2, 0.25) is 5.91 Å². The molecule has 12 heteroatoms. The number of carbonyl (C=O) groups is 1. The maximum absolute atomic E-state index is 13.9. The molecule has 228 valence electrons. The van der Waals surface area contributed by atoms with Crippen LogP contribution in [0.3, 0.4) is 0 Å². The van der Waals surface area contributed by atoms with Crippen LogP contribution >= 0.6 is 11.6 Å². The van der Waals surface area contributed by atoms with E-state index in [1.54, 1.807) is 30.3 Å². The molecule has 0 fully saturated rings. The fourth-order valence-corrected chi connectivity index (χ4v) is 4.79. The lowest BCUT2D eigenvalue weighted by Gasteiger charge is -2.32. The van der Waals surface area contributed by atoms with Crippen LogP contribution in [0.5, 0.6) is 0 Å². The van der Waals surface area contributed by atoms with Gasteiger partial charge in [-0.05, 0) is 56.2 Å². The van der Waals surface area contributed by atoms with Crippen molar-refractivity contribution in [1.29, 1.82) is 0 Å². The molecule has 0 spiro atoms. The van der Waals surface area contributed by atoms with E-state index in [1.807, 2.05) is 11.8 Å². The van der Waals surface area contributed by atoms with Gasteiger partial charge in [0.1, 0.15) is 5.82 Å². The molecule has 0 aliphatic heterocycles. The summed E-state index contributed by atoms with van der Waals surface area (Å²) in [6.07, 6.45) is -6.98. The molecule has 0 aliphatic carbocycles. The molecule has 1 amide bonds. The molecule has 0 saturated carbocycles. The first kappa shape index (κ1) is 33.2. The van der Waals surface area contributed by atoms with Crippen molar-refractivity contribution in [3.63, 3.8) is 0 Å². The van der Waals surface area contributed by atoms with Gasteiger partial charge in [0.25, 0.3) is 0 Å². The highest BCUT2D eigenvalue weighted by molar-refractivity contribution is 6.33. The zero-order valence-corrected chi connectivity index (χ0v) is 24.3. The molecule has 1 N–H and O–H groups in total. The van der Waals surface area contributed by atoms with Crippen molar-refractivity contribution >= 4 is 29.0 Å². The van der Waals surface area contributed by atoms with Crippen LogP contribution in [0, 0.1) is 0 Å². The lowest BCUT2D eigenvalue weighted by atomic mass is 9.81. The Bertz CT molecular complexity index is 1380. The molecule has 0 atom stereocenters. The molecule has 1 heterocycles. The van der Waals surface area contributed by atoms with Gasteiger partial charge in [0.05, 0.1) is 35.0 Å². The number of aromatic nitrogens is 1. The molecule has 1 aromatic heterocycles. The average Bonchev–Trinajstić information content (AvgIpc) is 2.93. The van der Waals surface area contributed by atoms with Gasteiger partial charge in [-0.2, -0.15) is 26.3 Å². The number of aliphatic hydroxyl groups excluding tert-OH is 1. The molecular formula is C30H32ClF6N3O2. The van der Waals surface area contributed by atoms with Crippen LogP contribution in [-0.4, -0.2) is 42.7 Å². The molecule has 0 radical (unpaired) electrons. The predicted molar refractivity (Wildman–Crippen MR) is 152 cm³/mol. The van der Waals surface area contributed by atoms with E-state index in [1.165, 1.54) is 27.1 Å². The van der Waals surface area contributed by atoms with Crippen molar-refractivity contribution in [2.45, 2.75) is 51.4 Å². The number of amides is 1. The first-order chi connectivity index (χ1) is 19.5. The summed E-state index contributed by atoms with van der Waals surface area (Å²) >= 11 is 6.51. The average molecular weight is 616 g/mol. The van der Waals surface area contributed by atoms with Gasteiger partial charge in [-0.3, -0.25) is 4.79 Å². The van der Waals surface area contributed by atoms with Gasteiger partial charge in [-0.25, -0.2) is 4.98 Å². The highest BCUT2D eigenvalue weighted by Crippen LogP contribution is 2.41. The third-order valence-corrected chi connectivity index (χ3v) is 7.35. The molecular weight excluding hydrogens is 584 g/mol. The minimum atomic E-state index is -5.06. The number of carbonyl (C=O) groups excluding carboxylic acids is 1. The summed E-state index contributed by atoms with van der Waals surface area (Å²) in [6.45, 7) is 5.33. The molecule has 5 nitrogen and oxygen atoms in total. The van der Waals surface area contributed by atoms with E-state index in [4.69, 9.17) is 11.6 Å². The largest absolute Gasteiger partial charge is 0.416 e. The lowest BCUT2D eigenvalue weighted by molar-refractivity contribution is -0.143. The number of unbranched alkanes of at least 4 members (excludes halogenated alkanes) is 1. The number of benzene rings is 2. The lowest BCUT2D eigenvalue weighted by Crippen LogP contribution is -2.42. The Morgan fingerprint density at radius 1 is 0.905 bits per heavy atom. The maximum atomic E-state index is 13.9. The van der Waals surface area contributed by atoms with Crippen molar-refractivity contribution in [2.24, 2.45) is 0 Å². The van der Waals surface area contributed by atoms with Crippen LogP contribution in [0.4, 0.5) is 37.8 Å². The molecule has 0 bridgehead atoms. The van der Waals surface area contributed by atoms with E-state index in [2.05, 4.69) is 4.98 Å². The quantitative estimate of drug-likeness (QED) is 0.235. The van der Waals surface area contributed by atoms with Gasteiger partial charge in [0, 0.05) is 36.3 Å². The second-order valence-electron chi connectivity index (χ2n) is 10.4. The van der Waals surface area contributed by atoms with Crippen molar-refractivity contribution < 1.29 is 36.2 Å². The monoisotopic (exact) mass is 615 g/mol. The highest BCUT2D eigenvalue weighted by Gasteiger charge is 2.41. The molecule has 0 unspecified atom stereocenters. The number of likely N-dealkylation sites (N-methyl/N-ethyl adjacent to an activating group) is 1. The van der Waals surface area contributed by atoms with Gasteiger partial charge >= 0.3 is 12.4 Å².